The van der Waals surface area contributed by atoms with Gasteiger partial charge in [-0.15, -0.1) is 0 Å². The maximum Gasteiger partial charge on any atom is 0.407 e. The summed E-state index contributed by atoms with van der Waals surface area (Å²) in [6.45, 7) is 6.17. The van der Waals surface area contributed by atoms with Crippen molar-refractivity contribution in [2.75, 3.05) is 13.1 Å². The average molecular weight is 441 g/mol. The van der Waals surface area contributed by atoms with E-state index >= 15 is 0 Å². The van der Waals surface area contributed by atoms with Gasteiger partial charge in [0.1, 0.15) is 17.1 Å². The van der Waals surface area contributed by atoms with Gasteiger partial charge in [0.05, 0.1) is 10.5 Å². The van der Waals surface area contributed by atoms with Gasteiger partial charge < -0.3 is 19.7 Å². The average Bonchev–Trinajstić information content (AvgIpc) is 2.73. The molecule has 0 aliphatic carbocycles. The fourth-order valence-electron chi connectivity index (χ4n) is 3.37. The Balaban J connectivity index is 1.71. The first-order valence-electron chi connectivity index (χ1n) is 10.4. The van der Waals surface area contributed by atoms with Crippen molar-refractivity contribution in [2.45, 2.75) is 45.3 Å². The van der Waals surface area contributed by atoms with Crippen LogP contribution in [-0.2, 0) is 4.74 Å². The summed E-state index contributed by atoms with van der Waals surface area (Å²) in [4.78, 5) is 37.5. The van der Waals surface area contributed by atoms with Crippen LogP contribution in [0.3, 0.4) is 0 Å². The van der Waals surface area contributed by atoms with Crippen molar-refractivity contribution in [3.05, 3.63) is 64.2 Å². The quantitative estimate of drug-likeness (QED) is 0.540. The molecule has 1 aliphatic heterocycles. The third-order valence-electron chi connectivity index (χ3n) is 4.88. The van der Waals surface area contributed by atoms with Gasteiger partial charge in [-0.3, -0.25) is 14.9 Å². The number of nitrogens with one attached hydrogen (secondary N) is 1. The van der Waals surface area contributed by atoms with E-state index in [1.54, 1.807) is 49.9 Å². The number of hydrogen-bond acceptors (Lipinski definition) is 6. The minimum atomic E-state index is -0.585. The summed E-state index contributed by atoms with van der Waals surface area (Å²) in [6.07, 6.45) is 0.614. The Morgan fingerprint density at radius 2 is 1.75 bits per heavy atom. The van der Waals surface area contributed by atoms with Gasteiger partial charge in [-0.25, -0.2) is 4.79 Å². The number of nitrogens with zero attached hydrogens (tertiary/aromatic N) is 2. The van der Waals surface area contributed by atoms with Crippen LogP contribution in [0.4, 0.5) is 10.5 Å². The number of alkyl carbamates (subject to hydrolysis) is 1. The van der Waals surface area contributed by atoms with Gasteiger partial charge in [0.2, 0.25) is 0 Å². The number of hydrogen-bond donors (Lipinski definition) is 1. The SMILES string of the molecule is CC(C)(C)OC(=O)NC1CCN(C(=O)c2cc([N+](=O)[O-])ccc2Oc2ccccc2)CC1. The molecule has 170 valence electrons. The Kier molecular flexibility index (Phi) is 6.97. The van der Waals surface area contributed by atoms with E-state index in [-0.39, 0.29) is 28.9 Å². The fraction of sp³-hybridized carbons (Fsp3) is 0.391. The highest BCUT2D eigenvalue weighted by atomic mass is 16.6. The number of non-ortho nitro benzene ring substituents is 1. The zero-order chi connectivity index (χ0) is 23.3. The largest absolute Gasteiger partial charge is 0.457 e. The minimum absolute atomic E-state index is 0.112. The number of piperidine rings is 1. The Bertz CT molecular complexity index is 979. The van der Waals surface area contributed by atoms with E-state index in [1.165, 1.54) is 18.2 Å². The van der Waals surface area contributed by atoms with Crippen LogP contribution < -0.4 is 10.1 Å². The molecule has 0 spiro atoms. The molecule has 0 atom stereocenters. The van der Waals surface area contributed by atoms with Crippen molar-refractivity contribution < 1.29 is 24.0 Å². The Morgan fingerprint density at radius 3 is 2.34 bits per heavy atom. The van der Waals surface area contributed by atoms with E-state index < -0.39 is 16.6 Å². The van der Waals surface area contributed by atoms with Crippen LogP contribution in [0.5, 0.6) is 11.5 Å². The van der Waals surface area contributed by atoms with E-state index in [9.17, 15) is 19.7 Å². The minimum Gasteiger partial charge on any atom is -0.457 e. The van der Waals surface area contributed by atoms with Gasteiger partial charge in [0.25, 0.3) is 11.6 Å². The molecule has 1 heterocycles. The molecule has 1 saturated heterocycles. The molecule has 0 unspecified atom stereocenters. The lowest BCUT2D eigenvalue weighted by Crippen LogP contribution is -2.47. The van der Waals surface area contributed by atoms with Gasteiger partial charge in [-0.05, 0) is 51.8 Å². The number of likely N-dealkylation sites (tertiary alicyclic amines) is 1. The molecule has 0 saturated carbocycles. The predicted octanol–water partition coefficient (Wildman–Crippen LogP) is 4.52. The van der Waals surface area contributed by atoms with Crippen LogP contribution in [0.1, 0.15) is 44.0 Å². The van der Waals surface area contributed by atoms with Gasteiger partial charge in [-0.1, -0.05) is 18.2 Å². The number of carbonyl (C=O) groups excluding carboxylic acids is 2. The van der Waals surface area contributed by atoms with Gasteiger partial charge in [0.15, 0.2) is 0 Å². The van der Waals surface area contributed by atoms with E-state index in [4.69, 9.17) is 9.47 Å². The van der Waals surface area contributed by atoms with Crippen LogP contribution in [0.15, 0.2) is 48.5 Å². The number of ether oxygens (including phenoxy) is 2. The smallest absolute Gasteiger partial charge is 0.407 e. The second kappa shape index (κ2) is 9.67. The summed E-state index contributed by atoms with van der Waals surface area (Å²) in [7, 11) is 0. The van der Waals surface area contributed by atoms with Crippen molar-refractivity contribution in [3.8, 4) is 11.5 Å². The summed E-state index contributed by atoms with van der Waals surface area (Å²) >= 11 is 0. The topological polar surface area (TPSA) is 111 Å². The molecule has 9 heteroatoms. The highest BCUT2D eigenvalue weighted by molar-refractivity contribution is 5.97. The number of para-hydroxylation sites is 1. The molecule has 9 nitrogen and oxygen atoms in total. The first kappa shape index (κ1) is 23.1. The standard InChI is InChI=1S/C23H27N3O6/c1-23(2,3)32-22(28)24-16-11-13-25(14-12-16)21(27)19-15-17(26(29)30)9-10-20(19)31-18-7-5-4-6-8-18/h4-10,15-16H,11-14H2,1-3H3,(H,24,28). The van der Waals surface area contributed by atoms with Crippen LogP contribution >= 0.6 is 0 Å². The number of nitro groups is 1. The molecule has 0 radical (unpaired) electrons. The molecule has 2 aromatic rings. The lowest BCUT2D eigenvalue weighted by molar-refractivity contribution is -0.384. The molecule has 0 bridgehead atoms. The van der Waals surface area contributed by atoms with Crippen molar-refractivity contribution in [1.82, 2.24) is 10.2 Å². The highest BCUT2D eigenvalue weighted by Crippen LogP contribution is 2.30. The molecule has 2 amide bonds. The molecule has 0 aromatic heterocycles. The predicted molar refractivity (Wildman–Crippen MR) is 118 cm³/mol. The summed E-state index contributed by atoms with van der Waals surface area (Å²) in [5.41, 5.74) is -0.644. The third kappa shape index (κ3) is 6.19. The van der Waals surface area contributed by atoms with Crippen LogP contribution in [-0.4, -0.2) is 46.6 Å². The molecular formula is C23H27N3O6. The molecule has 2 aromatic carbocycles. The second-order valence-corrected chi connectivity index (χ2v) is 8.57. The Morgan fingerprint density at radius 1 is 1.09 bits per heavy atom. The second-order valence-electron chi connectivity index (χ2n) is 8.57. The number of benzene rings is 2. The summed E-state index contributed by atoms with van der Waals surface area (Å²) in [5, 5.41) is 14.1. The molecule has 3 rings (SSSR count). The van der Waals surface area contributed by atoms with Crippen LogP contribution in [0.2, 0.25) is 0 Å². The summed E-state index contributed by atoms with van der Waals surface area (Å²) in [6, 6.07) is 12.8. The molecule has 1 N–H and O–H groups in total. The number of carbonyl (C=O) groups is 2. The number of nitro benzene ring substituents is 1. The number of amides is 2. The molecule has 1 fully saturated rings. The van der Waals surface area contributed by atoms with E-state index in [0.717, 1.165) is 0 Å². The normalized spacial score (nSPS) is 14.5. The fourth-order valence-corrected chi connectivity index (χ4v) is 3.37. The zero-order valence-corrected chi connectivity index (χ0v) is 18.4. The maximum atomic E-state index is 13.2. The van der Waals surface area contributed by atoms with Crippen LogP contribution in [0.25, 0.3) is 0 Å². The number of rotatable bonds is 5. The van der Waals surface area contributed by atoms with E-state index in [1.807, 2.05) is 6.07 Å². The third-order valence-corrected chi connectivity index (χ3v) is 4.88. The van der Waals surface area contributed by atoms with E-state index in [0.29, 0.717) is 31.7 Å². The van der Waals surface area contributed by atoms with E-state index in [2.05, 4.69) is 5.32 Å². The van der Waals surface area contributed by atoms with Gasteiger partial charge in [0, 0.05) is 31.3 Å². The molecule has 32 heavy (non-hydrogen) atoms. The first-order chi connectivity index (χ1) is 15.1. The Hall–Kier alpha value is -3.62. The maximum absolute atomic E-state index is 13.2. The first-order valence-corrected chi connectivity index (χ1v) is 10.4. The van der Waals surface area contributed by atoms with Crippen molar-refractivity contribution in [3.63, 3.8) is 0 Å². The zero-order valence-electron chi connectivity index (χ0n) is 18.4. The molecule has 1 aliphatic rings. The van der Waals surface area contributed by atoms with Crippen LogP contribution in [0, 0.1) is 10.1 Å². The van der Waals surface area contributed by atoms with Gasteiger partial charge in [-0.2, -0.15) is 0 Å². The monoisotopic (exact) mass is 441 g/mol. The molecular weight excluding hydrogens is 414 g/mol. The summed E-state index contributed by atoms with van der Waals surface area (Å²) in [5.74, 6) is 0.423. The van der Waals surface area contributed by atoms with Crippen molar-refractivity contribution in [2.24, 2.45) is 0 Å². The van der Waals surface area contributed by atoms with Gasteiger partial charge >= 0.3 is 6.09 Å². The highest BCUT2D eigenvalue weighted by Gasteiger charge is 2.29. The summed E-state index contributed by atoms with van der Waals surface area (Å²) < 4.78 is 11.1. The Labute approximate surface area is 186 Å². The lowest BCUT2D eigenvalue weighted by atomic mass is 10.0. The van der Waals surface area contributed by atoms with Crippen molar-refractivity contribution >= 4 is 17.7 Å². The van der Waals surface area contributed by atoms with Crippen molar-refractivity contribution in [1.29, 1.82) is 0 Å². The lowest BCUT2D eigenvalue weighted by Gasteiger charge is -2.33.